The molecule has 0 unspecified atom stereocenters. The van der Waals surface area contributed by atoms with E-state index in [1.807, 2.05) is 30.3 Å². The van der Waals surface area contributed by atoms with Crippen molar-refractivity contribution < 1.29 is 13.2 Å². The van der Waals surface area contributed by atoms with Crippen molar-refractivity contribution in [3.05, 3.63) is 71.3 Å². The summed E-state index contributed by atoms with van der Waals surface area (Å²) in [6.07, 6.45) is -4.39. The standard InChI is InChI=1S/C20H22F3N7/c21-20(22,23)16-8-4-7-15(11-16)13-27-19-29-17(25-10-9-24)28-18(30-19)26-12-14-5-2-1-3-6-14/h1-8,11H,9-10,12-13,24H2,(H3,25,26,27,28,29,30). The average molecular weight is 417 g/mol. The van der Waals surface area contributed by atoms with Gasteiger partial charge in [-0.15, -0.1) is 0 Å². The molecule has 0 amide bonds. The van der Waals surface area contributed by atoms with E-state index in [4.69, 9.17) is 5.73 Å². The van der Waals surface area contributed by atoms with Crippen LogP contribution >= 0.6 is 0 Å². The van der Waals surface area contributed by atoms with E-state index >= 15 is 0 Å². The summed E-state index contributed by atoms with van der Waals surface area (Å²) in [5.41, 5.74) is 6.32. The van der Waals surface area contributed by atoms with Crippen LogP contribution in [0.1, 0.15) is 16.7 Å². The third-order valence-electron chi connectivity index (χ3n) is 4.06. The Labute approximate surface area is 172 Å². The SMILES string of the molecule is NCCNc1nc(NCc2ccccc2)nc(NCc2cccc(C(F)(F)F)c2)n1. The molecule has 1 aromatic heterocycles. The minimum atomic E-state index is -4.39. The summed E-state index contributed by atoms with van der Waals surface area (Å²) >= 11 is 0. The molecule has 0 fully saturated rings. The fourth-order valence-electron chi connectivity index (χ4n) is 2.61. The summed E-state index contributed by atoms with van der Waals surface area (Å²) in [6, 6.07) is 14.8. The number of halogens is 3. The van der Waals surface area contributed by atoms with Gasteiger partial charge >= 0.3 is 6.18 Å². The van der Waals surface area contributed by atoms with E-state index in [0.717, 1.165) is 17.7 Å². The van der Waals surface area contributed by atoms with Crippen LogP contribution < -0.4 is 21.7 Å². The Balaban J connectivity index is 1.72. The molecule has 0 aliphatic heterocycles. The van der Waals surface area contributed by atoms with Crippen molar-refractivity contribution in [1.82, 2.24) is 15.0 Å². The van der Waals surface area contributed by atoms with E-state index in [1.165, 1.54) is 6.07 Å². The predicted molar refractivity (Wildman–Crippen MR) is 110 cm³/mol. The molecular weight excluding hydrogens is 395 g/mol. The highest BCUT2D eigenvalue weighted by atomic mass is 19.4. The predicted octanol–water partition coefficient (Wildman–Crippen LogP) is 3.49. The van der Waals surface area contributed by atoms with Crippen LogP contribution in [-0.4, -0.2) is 28.0 Å². The second-order valence-corrected chi connectivity index (χ2v) is 6.41. The van der Waals surface area contributed by atoms with Gasteiger partial charge in [-0.25, -0.2) is 0 Å². The molecule has 2 aromatic carbocycles. The lowest BCUT2D eigenvalue weighted by molar-refractivity contribution is -0.137. The van der Waals surface area contributed by atoms with Crippen molar-refractivity contribution in [3.63, 3.8) is 0 Å². The van der Waals surface area contributed by atoms with Crippen LogP contribution in [0.4, 0.5) is 31.0 Å². The highest BCUT2D eigenvalue weighted by Crippen LogP contribution is 2.29. The van der Waals surface area contributed by atoms with Crippen LogP contribution in [0.2, 0.25) is 0 Å². The third-order valence-corrected chi connectivity index (χ3v) is 4.06. The summed E-state index contributed by atoms with van der Waals surface area (Å²) in [4.78, 5) is 12.9. The average Bonchev–Trinajstić information content (AvgIpc) is 2.75. The quantitative estimate of drug-likeness (QED) is 0.423. The maximum atomic E-state index is 12.9. The maximum absolute atomic E-state index is 12.9. The maximum Gasteiger partial charge on any atom is 0.416 e. The molecule has 158 valence electrons. The number of benzene rings is 2. The molecule has 0 atom stereocenters. The normalized spacial score (nSPS) is 11.2. The molecule has 0 radical (unpaired) electrons. The number of nitrogens with two attached hydrogens (primary N) is 1. The Kier molecular flexibility index (Phi) is 7.02. The number of nitrogens with one attached hydrogen (secondary N) is 3. The molecular formula is C20H22F3N7. The summed E-state index contributed by atoms with van der Waals surface area (Å²) in [5.74, 6) is 0.884. The van der Waals surface area contributed by atoms with Gasteiger partial charge in [0.25, 0.3) is 0 Å². The first-order valence-electron chi connectivity index (χ1n) is 9.32. The van der Waals surface area contributed by atoms with Gasteiger partial charge in [0, 0.05) is 26.2 Å². The molecule has 0 aliphatic carbocycles. The highest BCUT2D eigenvalue weighted by molar-refractivity contribution is 5.43. The first kappa shape index (κ1) is 21.3. The van der Waals surface area contributed by atoms with Gasteiger partial charge < -0.3 is 21.7 Å². The topological polar surface area (TPSA) is 101 Å². The Bertz CT molecular complexity index is 949. The zero-order valence-electron chi connectivity index (χ0n) is 16.1. The third kappa shape index (κ3) is 6.31. The lowest BCUT2D eigenvalue weighted by Gasteiger charge is -2.12. The summed E-state index contributed by atoms with van der Waals surface area (Å²) in [6.45, 7) is 1.50. The van der Waals surface area contributed by atoms with E-state index in [0.29, 0.717) is 37.1 Å². The molecule has 0 saturated heterocycles. The first-order valence-corrected chi connectivity index (χ1v) is 9.32. The number of hydrogen-bond acceptors (Lipinski definition) is 7. The second-order valence-electron chi connectivity index (χ2n) is 6.41. The van der Waals surface area contributed by atoms with Crippen LogP contribution in [0.5, 0.6) is 0 Å². The van der Waals surface area contributed by atoms with Gasteiger partial charge in [-0.2, -0.15) is 28.1 Å². The van der Waals surface area contributed by atoms with Crippen molar-refractivity contribution in [3.8, 4) is 0 Å². The van der Waals surface area contributed by atoms with E-state index in [2.05, 4.69) is 30.9 Å². The second kappa shape index (κ2) is 9.88. The fraction of sp³-hybridized carbons (Fsp3) is 0.250. The largest absolute Gasteiger partial charge is 0.416 e. The Morgan fingerprint density at radius 3 is 1.90 bits per heavy atom. The van der Waals surface area contributed by atoms with Crippen molar-refractivity contribution in [1.29, 1.82) is 0 Å². The molecule has 1 heterocycles. The van der Waals surface area contributed by atoms with Crippen molar-refractivity contribution >= 4 is 17.8 Å². The molecule has 10 heteroatoms. The fourth-order valence-corrected chi connectivity index (χ4v) is 2.61. The number of nitrogens with zero attached hydrogens (tertiary/aromatic N) is 3. The van der Waals surface area contributed by atoms with Crippen LogP contribution in [0.3, 0.4) is 0 Å². The summed E-state index contributed by atoms with van der Waals surface area (Å²) < 4.78 is 38.7. The molecule has 0 bridgehead atoms. The monoisotopic (exact) mass is 417 g/mol. The molecule has 7 nitrogen and oxygen atoms in total. The summed E-state index contributed by atoms with van der Waals surface area (Å²) in [7, 11) is 0. The molecule has 0 aliphatic rings. The van der Waals surface area contributed by atoms with Crippen LogP contribution in [0, 0.1) is 0 Å². The smallest absolute Gasteiger partial charge is 0.353 e. The Morgan fingerprint density at radius 2 is 1.30 bits per heavy atom. The molecule has 3 aromatic rings. The molecule has 5 N–H and O–H groups in total. The van der Waals surface area contributed by atoms with Crippen molar-refractivity contribution in [2.45, 2.75) is 19.3 Å². The minimum absolute atomic E-state index is 0.127. The van der Waals surface area contributed by atoms with Crippen LogP contribution in [0.15, 0.2) is 54.6 Å². The van der Waals surface area contributed by atoms with Gasteiger partial charge in [0.2, 0.25) is 17.8 Å². The van der Waals surface area contributed by atoms with Crippen LogP contribution in [0.25, 0.3) is 0 Å². The zero-order valence-corrected chi connectivity index (χ0v) is 16.1. The molecule has 30 heavy (non-hydrogen) atoms. The van der Waals surface area contributed by atoms with Gasteiger partial charge in [0.15, 0.2) is 0 Å². The van der Waals surface area contributed by atoms with Gasteiger partial charge in [-0.3, -0.25) is 0 Å². The summed E-state index contributed by atoms with van der Waals surface area (Å²) in [5, 5.41) is 9.06. The molecule has 0 saturated carbocycles. The zero-order chi connectivity index (χ0) is 21.4. The Morgan fingerprint density at radius 1 is 0.733 bits per heavy atom. The number of hydrogen-bond donors (Lipinski definition) is 4. The van der Waals surface area contributed by atoms with E-state index < -0.39 is 11.7 Å². The molecule has 0 spiro atoms. The number of alkyl halides is 3. The Hall–Kier alpha value is -3.40. The van der Waals surface area contributed by atoms with E-state index in [1.54, 1.807) is 6.07 Å². The number of anilines is 3. The minimum Gasteiger partial charge on any atom is -0.353 e. The van der Waals surface area contributed by atoms with E-state index in [9.17, 15) is 13.2 Å². The van der Waals surface area contributed by atoms with Gasteiger partial charge in [0.1, 0.15) is 0 Å². The van der Waals surface area contributed by atoms with Gasteiger partial charge in [0.05, 0.1) is 5.56 Å². The first-order chi connectivity index (χ1) is 14.4. The van der Waals surface area contributed by atoms with Crippen molar-refractivity contribution in [2.75, 3.05) is 29.0 Å². The van der Waals surface area contributed by atoms with Crippen molar-refractivity contribution in [2.24, 2.45) is 5.73 Å². The van der Waals surface area contributed by atoms with Crippen LogP contribution in [-0.2, 0) is 19.3 Å². The number of aromatic nitrogens is 3. The van der Waals surface area contributed by atoms with Gasteiger partial charge in [-0.1, -0.05) is 42.5 Å². The molecule has 3 rings (SSSR count). The lowest BCUT2D eigenvalue weighted by Crippen LogP contribution is -2.17. The van der Waals surface area contributed by atoms with Gasteiger partial charge in [-0.05, 0) is 23.3 Å². The number of rotatable bonds is 9. The lowest BCUT2D eigenvalue weighted by atomic mass is 10.1. The van der Waals surface area contributed by atoms with E-state index in [-0.39, 0.29) is 12.5 Å². The highest BCUT2D eigenvalue weighted by Gasteiger charge is 2.30.